The molecule has 1 heterocycles. The van der Waals surface area contributed by atoms with Crippen LogP contribution in [0, 0.1) is 5.82 Å². The van der Waals surface area contributed by atoms with Crippen molar-refractivity contribution in [1.82, 2.24) is 4.90 Å². The monoisotopic (exact) mass is 238 g/mol. The third-order valence-corrected chi connectivity index (χ3v) is 2.97. The van der Waals surface area contributed by atoms with Crippen molar-refractivity contribution >= 4 is 11.7 Å². The molecule has 0 aromatic heterocycles. The van der Waals surface area contributed by atoms with Crippen LogP contribution in [0.4, 0.5) is 10.1 Å². The molecule has 1 aromatic carbocycles. The molecule has 0 radical (unpaired) electrons. The second-order valence-corrected chi connectivity index (χ2v) is 4.39. The number of aromatic carboxylic acids is 1. The zero-order valence-corrected chi connectivity index (χ0v) is 9.61. The average molecular weight is 238 g/mol. The number of nitrogens with one attached hydrogen (secondary N) is 1. The standard InChI is InChI=1S/C12H15FN2O2/c1-15-5-4-9(7-15)14-11-3-2-8(12(16)17)6-10(11)13/h2-3,6,9,14H,4-5,7H2,1H3,(H,16,17). The fraction of sp³-hybridized carbons (Fsp3) is 0.417. The van der Waals surface area contributed by atoms with Crippen LogP contribution in [0.15, 0.2) is 18.2 Å². The third-order valence-electron chi connectivity index (χ3n) is 2.97. The van der Waals surface area contributed by atoms with Crippen LogP contribution in [0.2, 0.25) is 0 Å². The molecule has 92 valence electrons. The molecule has 1 saturated heterocycles. The summed E-state index contributed by atoms with van der Waals surface area (Å²) in [5.74, 6) is -1.63. The van der Waals surface area contributed by atoms with Crippen molar-refractivity contribution in [3.8, 4) is 0 Å². The Hall–Kier alpha value is -1.62. The number of benzene rings is 1. The van der Waals surface area contributed by atoms with Gasteiger partial charge in [-0.25, -0.2) is 9.18 Å². The molecular formula is C12H15FN2O2. The lowest BCUT2D eigenvalue weighted by molar-refractivity contribution is 0.0696. The highest BCUT2D eigenvalue weighted by atomic mass is 19.1. The summed E-state index contributed by atoms with van der Waals surface area (Å²) in [6.07, 6.45) is 0.969. The molecule has 1 fully saturated rings. The fourth-order valence-corrected chi connectivity index (χ4v) is 2.04. The molecule has 17 heavy (non-hydrogen) atoms. The Morgan fingerprint density at radius 3 is 2.88 bits per heavy atom. The average Bonchev–Trinajstić information content (AvgIpc) is 2.67. The van der Waals surface area contributed by atoms with Crippen molar-refractivity contribution < 1.29 is 14.3 Å². The van der Waals surface area contributed by atoms with E-state index in [1.165, 1.54) is 12.1 Å². The second kappa shape index (κ2) is 4.71. The Bertz CT molecular complexity index is 437. The number of halogens is 1. The summed E-state index contributed by atoms with van der Waals surface area (Å²) >= 11 is 0. The summed E-state index contributed by atoms with van der Waals surface area (Å²) in [6, 6.07) is 4.16. The van der Waals surface area contributed by atoms with E-state index < -0.39 is 11.8 Å². The first-order chi connectivity index (χ1) is 8.06. The molecule has 4 nitrogen and oxygen atoms in total. The van der Waals surface area contributed by atoms with Gasteiger partial charge in [0, 0.05) is 12.6 Å². The minimum atomic E-state index is -1.11. The number of hydrogen-bond donors (Lipinski definition) is 2. The van der Waals surface area contributed by atoms with Crippen molar-refractivity contribution in [1.29, 1.82) is 0 Å². The first-order valence-electron chi connectivity index (χ1n) is 5.54. The van der Waals surface area contributed by atoms with Crippen molar-refractivity contribution in [2.45, 2.75) is 12.5 Å². The molecule has 0 bridgehead atoms. The number of hydrogen-bond acceptors (Lipinski definition) is 3. The summed E-state index contributed by atoms with van der Waals surface area (Å²) in [4.78, 5) is 12.8. The van der Waals surface area contributed by atoms with Crippen LogP contribution in [-0.4, -0.2) is 42.2 Å². The van der Waals surface area contributed by atoms with Crippen molar-refractivity contribution in [3.05, 3.63) is 29.6 Å². The van der Waals surface area contributed by atoms with Gasteiger partial charge in [-0.1, -0.05) is 0 Å². The van der Waals surface area contributed by atoms with Crippen LogP contribution in [-0.2, 0) is 0 Å². The number of likely N-dealkylation sites (N-methyl/N-ethyl adjacent to an activating group) is 1. The molecule has 1 atom stereocenters. The van der Waals surface area contributed by atoms with Crippen LogP contribution < -0.4 is 5.32 Å². The molecule has 1 unspecified atom stereocenters. The molecule has 0 amide bonds. The van der Waals surface area contributed by atoms with Gasteiger partial charge < -0.3 is 15.3 Å². The van der Waals surface area contributed by atoms with Gasteiger partial charge in [-0.15, -0.1) is 0 Å². The Balaban J connectivity index is 2.09. The quantitative estimate of drug-likeness (QED) is 0.840. The Morgan fingerprint density at radius 1 is 1.59 bits per heavy atom. The highest BCUT2D eigenvalue weighted by Crippen LogP contribution is 2.19. The van der Waals surface area contributed by atoms with E-state index in [1.807, 2.05) is 7.05 Å². The van der Waals surface area contributed by atoms with Gasteiger partial charge in [0.2, 0.25) is 0 Å². The third kappa shape index (κ3) is 2.74. The molecular weight excluding hydrogens is 223 g/mol. The van der Waals surface area contributed by atoms with Gasteiger partial charge in [-0.3, -0.25) is 0 Å². The van der Waals surface area contributed by atoms with Gasteiger partial charge in [0.25, 0.3) is 0 Å². The zero-order chi connectivity index (χ0) is 12.4. The molecule has 0 saturated carbocycles. The van der Waals surface area contributed by atoms with Crippen molar-refractivity contribution in [2.75, 3.05) is 25.5 Å². The first-order valence-corrected chi connectivity index (χ1v) is 5.54. The van der Waals surface area contributed by atoms with Gasteiger partial charge in [0.05, 0.1) is 11.3 Å². The van der Waals surface area contributed by atoms with E-state index in [4.69, 9.17) is 5.11 Å². The molecule has 0 aliphatic carbocycles. The predicted octanol–water partition coefficient (Wildman–Crippen LogP) is 1.64. The summed E-state index contributed by atoms with van der Waals surface area (Å²) in [5, 5.41) is 11.8. The largest absolute Gasteiger partial charge is 0.478 e. The second-order valence-electron chi connectivity index (χ2n) is 4.39. The number of rotatable bonds is 3. The highest BCUT2D eigenvalue weighted by molar-refractivity contribution is 5.88. The van der Waals surface area contributed by atoms with Crippen LogP contribution in [0.5, 0.6) is 0 Å². The molecule has 2 N–H and O–H groups in total. The van der Waals surface area contributed by atoms with Gasteiger partial charge in [-0.05, 0) is 38.2 Å². The lowest BCUT2D eigenvalue weighted by atomic mass is 10.1. The van der Waals surface area contributed by atoms with E-state index in [1.54, 1.807) is 0 Å². The fourth-order valence-electron chi connectivity index (χ4n) is 2.04. The Labute approximate surface area is 99.0 Å². The van der Waals surface area contributed by atoms with Gasteiger partial charge in [-0.2, -0.15) is 0 Å². The summed E-state index contributed by atoms with van der Waals surface area (Å²) in [7, 11) is 2.02. The van der Waals surface area contributed by atoms with Crippen LogP contribution in [0.3, 0.4) is 0 Å². The van der Waals surface area contributed by atoms with Crippen molar-refractivity contribution in [2.24, 2.45) is 0 Å². The first kappa shape index (κ1) is 11.9. The molecule has 1 aliphatic heterocycles. The van der Waals surface area contributed by atoms with Crippen LogP contribution in [0.25, 0.3) is 0 Å². The number of anilines is 1. The lowest BCUT2D eigenvalue weighted by Crippen LogP contribution is -2.24. The molecule has 5 heteroatoms. The zero-order valence-electron chi connectivity index (χ0n) is 9.61. The van der Waals surface area contributed by atoms with E-state index >= 15 is 0 Å². The smallest absolute Gasteiger partial charge is 0.335 e. The molecule has 1 aromatic rings. The van der Waals surface area contributed by atoms with Crippen molar-refractivity contribution in [3.63, 3.8) is 0 Å². The van der Waals surface area contributed by atoms with Gasteiger partial charge >= 0.3 is 5.97 Å². The van der Waals surface area contributed by atoms with Crippen LogP contribution in [0.1, 0.15) is 16.8 Å². The normalized spacial score (nSPS) is 20.5. The number of carboxylic acids is 1. The van der Waals surface area contributed by atoms with E-state index in [-0.39, 0.29) is 11.6 Å². The molecule has 2 rings (SSSR count). The summed E-state index contributed by atoms with van der Waals surface area (Å²) in [5.41, 5.74) is 0.340. The topological polar surface area (TPSA) is 52.6 Å². The molecule has 0 spiro atoms. The summed E-state index contributed by atoms with van der Waals surface area (Å²) in [6.45, 7) is 1.87. The van der Waals surface area contributed by atoms with E-state index in [9.17, 15) is 9.18 Å². The van der Waals surface area contributed by atoms with Gasteiger partial charge in [0.15, 0.2) is 0 Å². The predicted molar refractivity (Wildman–Crippen MR) is 62.9 cm³/mol. The number of likely N-dealkylation sites (tertiary alicyclic amines) is 1. The number of carbonyl (C=O) groups is 1. The minimum Gasteiger partial charge on any atom is -0.478 e. The highest BCUT2D eigenvalue weighted by Gasteiger charge is 2.20. The Kier molecular flexibility index (Phi) is 3.28. The maximum absolute atomic E-state index is 13.6. The SMILES string of the molecule is CN1CCC(Nc2ccc(C(=O)O)cc2F)C1. The number of nitrogens with zero attached hydrogens (tertiary/aromatic N) is 1. The summed E-state index contributed by atoms with van der Waals surface area (Å²) < 4.78 is 13.6. The van der Waals surface area contributed by atoms with E-state index in [0.29, 0.717) is 5.69 Å². The van der Waals surface area contributed by atoms with Gasteiger partial charge in [0.1, 0.15) is 5.82 Å². The Morgan fingerprint density at radius 2 is 2.35 bits per heavy atom. The maximum Gasteiger partial charge on any atom is 0.335 e. The minimum absolute atomic E-state index is 0.0309. The van der Waals surface area contributed by atoms with Crippen LogP contribution >= 0.6 is 0 Å². The van der Waals surface area contributed by atoms with E-state index in [2.05, 4.69) is 10.2 Å². The van der Waals surface area contributed by atoms with E-state index in [0.717, 1.165) is 25.6 Å². The molecule has 1 aliphatic rings. The maximum atomic E-state index is 13.6. The number of carboxylic acid groups (broad SMARTS) is 1. The lowest BCUT2D eigenvalue weighted by Gasteiger charge is -2.15.